The minimum atomic E-state index is -0.115. The van der Waals surface area contributed by atoms with Crippen LogP contribution in [-0.2, 0) is 12.8 Å². The van der Waals surface area contributed by atoms with Crippen molar-refractivity contribution in [2.24, 2.45) is 5.92 Å². The molecule has 0 spiro atoms. The van der Waals surface area contributed by atoms with Crippen molar-refractivity contribution >= 4 is 39.5 Å². The number of hydrogen-bond acceptors (Lipinski definition) is 4. The number of fused-ring (bicyclic) bond motifs is 1. The highest BCUT2D eigenvalue weighted by Gasteiger charge is 2.32. The van der Waals surface area contributed by atoms with E-state index in [-0.39, 0.29) is 11.8 Å². The lowest BCUT2D eigenvalue weighted by molar-refractivity contribution is -0.902. The molecule has 1 aliphatic heterocycles. The van der Waals surface area contributed by atoms with Crippen molar-refractivity contribution in [1.82, 2.24) is 4.90 Å². The standard InChI is InChI=1S/C21H27N3O2S2/c1-3-23-8-10-24(11-9-23)21(26)18-15-7-6-14(2)13-17(15)28-20(18)22-19(25)16-5-4-12-27-16/h4-5,12,14H,3,6-11,13H2,1-2H3,(H,22,25)/p+1/t14-/m0/s1. The van der Waals surface area contributed by atoms with E-state index in [0.29, 0.717) is 10.8 Å². The summed E-state index contributed by atoms with van der Waals surface area (Å²) >= 11 is 3.03. The van der Waals surface area contributed by atoms with Crippen molar-refractivity contribution in [3.8, 4) is 0 Å². The van der Waals surface area contributed by atoms with Gasteiger partial charge in [-0.3, -0.25) is 9.59 Å². The lowest BCUT2D eigenvalue weighted by Crippen LogP contribution is -3.14. The molecule has 1 saturated heterocycles. The second-order valence-corrected chi connectivity index (χ2v) is 9.94. The first kappa shape index (κ1) is 19.6. The Morgan fingerprint density at radius 2 is 2.11 bits per heavy atom. The molecule has 1 atom stereocenters. The van der Waals surface area contributed by atoms with Gasteiger partial charge in [0.25, 0.3) is 11.8 Å². The van der Waals surface area contributed by atoms with E-state index >= 15 is 0 Å². The van der Waals surface area contributed by atoms with Gasteiger partial charge < -0.3 is 15.1 Å². The molecule has 0 unspecified atom stereocenters. The summed E-state index contributed by atoms with van der Waals surface area (Å²) in [5, 5.41) is 5.71. The monoisotopic (exact) mass is 418 g/mol. The van der Waals surface area contributed by atoms with Gasteiger partial charge in [-0.15, -0.1) is 22.7 Å². The van der Waals surface area contributed by atoms with Crippen LogP contribution in [0.3, 0.4) is 0 Å². The van der Waals surface area contributed by atoms with Gasteiger partial charge in [-0.25, -0.2) is 0 Å². The number of nitrogens with zero attached hydrogens (tertiary/aromatic N) is 1. The highest BCUT2D eigenvalue weighted by molar-refractivity contribution is 7.17. The number of rotatable bonds is 4. The molecule has 2 aliphatic rings. The molecule has 0 aromatic carbocycles. The van der Waals surface area contributed by atoms with E-state index in [4.69, 9.17) is 0 Å². The minimum Gasteiger partial charge on any atom is -0.332 e. The lowest BCUT2D eigenvalue weighted by atomic mass is 9.88. The van der Waals surface area contributed by atoms with Crippen LogP contribution >= 0.6 is 22.7 Å². The fourth-order valence-corrected chi connectivity index (χ4v) is 6.19. The van der Waals surface area contributed by atoms with E-state index < -0.39 is 0 Å². The maximum absolute atomic E-state index is 13.5. The number of hydrogen-bond donors (Lipinski definition) is 2. The molecule has 2 aromatic rings. The molecule has 0 bridgehead atoms. The molecule has 0 radical (unpaired) electrons. The van der Waals surface area contributed by atoms with Crippen LogP contribution in [0, 0.1) is 5.92 Å². The number of amides is 2. The third-order valence-electron chi connectivity index (χ3n) is 5.96. The SMILES string of the molecule is CC[NH+]1CCN(C(=O)c2c(NC(=O)c3cccs3)sc3c2CC[C@H](C)C3)CC1. The Morgan fingerprint density at radius 3 is 2.79 bits per heavy atom. The molecule has 1 aliphatic carbocycles. The summed E-state index contributed by atoms with van der Waals surface area (Å²) in [6.45, 7) is 9.16. The van der Waals surface area contributed by atoms with Gasteiger partial charge in [0.05, 0.1) is 43.2 Å². The van der Waals surface area contributed by atoms with Crippen molar-refractivity contribution in [3.05, 3.63) is 38.4 Å². The van der Waals surface area contributed by atoms with Crippen LogP contribution < -0.4 is 10.2 Å². The Hall–Kier alpha value is -1.70. The van der Waals surface area contributed by atoms with E-state index in [9.17, 15) is 9.59 Å². The first-order valence-electron chi connectivity index (χ1n) is 10.2. The van der Waals surface area contributed by atoms with E-state index in [1.54, 1.807) is 16.2 Å². The second kappa shape index (κ2) is 8.35. The fourth-order valence-electron chi connectivity index (χ4n) is 4.18. The Bertz CT molecular complexity index is 851. The van der Waals surface area contributed by atoms with Gasteiger partial charge in [0.1, 0.15) is 5.00 Å². The Morgan fingerprint density at radius 1 is 1.32 bits per heavy atom. The highest BCUT2D eigenvalue weighted by atomic mass is 32.1. The Balaban J connectivity index is 1.62. The number of anilines is 1. The number of carbonyl (C=O) groups excluding carboxylic acids is 2. The Kier molecular flexibility index (Phi) is 5.85. The van der Waals surface area contributed by atoms with Crippen LogP contribution in [-0.4, -0.2) is 49.4 Å². The zero-order chi connectivity index (χ0) is 19.7. The minimum absolute atomic E-state index is 0.101. The third-order valence-corrected chi connectivity index (χ3v) is 7.99. The molecule has 2 amide bonds. The molecule has 5 nitrogen and oxygen atoms in total. The van der Waals surface area contributed by atoms with E-state index in [2.05, 4.69) is 19.2 Å². The summed E-state index contributed by atoms with van der Waals surface area (Å²) in [6.07, 6.45) is 3.04. The van der Waals surface area contributed by atoms with Crippen LogP contribution in [0.5, 0.6) is 0 Å². The zero-order valence-electron chi connectivity index (χ0n) is 16.5. The summed E-state index contributed by atoms with van der Waals surface area (Å²) in [5.41, 5.74) is 1.94. The van der Waals surface area contributed by atoms with Gasteiger partial charge in [0, 0.05) is 4.88 Å². The first-order chi connectivity index (χ1) is 13.6. The van der Waals surface area contributed by atoms with E-state index in [1.165, 1.54) is 21.8 Å². The predicted octanol–water partition coefficient (Wildman–Crippen LogP) is 2.55. The number of carbonyl (C=O) groups is 2. The number of thiophene rings is 2. The maximum atomic E-state index is 13.5. The van der Waals surface area contributed by atoms with Crippen molar-refractivity contribution in [3.63, 3.8) is 0 Å². The molecular weight excluding hydrogens is 390 g/mol. The average molecular weight is 419 g/mol. The molecule has 7 heteroatoms. The summed E-state index contributed by atoms with van der Waals surface area (Å²) in [4.78, 5) is 31.6. The molecule has 150 valence electrons. The maximum Gasteiger partial charge on any atom is 0.266 e. The van der Waals surface area contributed by atoms with Crippen LogP contribution in [0.15, 0.2) is 17.5 Å². The van der Waals surface area contributed by atoms with E-state index in [1.807, 2.05) is 22.4 Å². The smallest absolute Gasteiger partial charge is 0.266 e. The van der Waals surface area contributed by atoms with Gasteiger partial charge in [-0.1, -0.05) is 13.0 Å². The molecular formula is C21H28N3O2S2+. The quantitative estimate of drug-likeness (QED) is 0.802. The van der Waals surface area contributed by atoms with Crippen molar-refractivity contribution in [2.45, 2.75) is 33.1 Å². The predicted molar refractivity (Wildman–Crippen MR) is 115 cm³/mol. The van der Waals surface area contributed by atoms with Crippen LogP contribution in [0.25, 0.3) is 0 Å². The molecule has 3 heterocycles. The number of piperazine rings is 1. The number of likely N-dealkylation sites (N-methyl/N-ethyl adjacent to an activating group) is 1. The normalized spacial score (nSPS) is 20.1. The third kappa shape index (κ3) is 3.88. The summed E-state index contributed by atoms with van der Waals surface area (Å²) in [6, 6.07) is 3.70. The highest BCUT2D eigenvalue weighted by Crippen LogP contribution is 2.40. The molecule has 2 N–H and O–H groups in total. The van der Waals surface area contributed by atoms with Crippen LogP contribution in [0.2, 0.25) is 0 Å². The van der Waals surface area contributed by atoms with Gasteiger partial charge >= 0.3 is 0 Å². The van der Waals surface area contributed by atoms with E-state index in [0.717, 1.165) is 62.6 Å². The summed E-state index contributed by atoms with van der Waals surface area (Å²) < 4.78 is 0. The molecule has 2 aromatic heterocycles. The zero-order valence-corrected chi connectivity index (χ0v) is 18.2. The second-order valence-electron chi connectivity index (χ2n) is 7.88. The summed E-state index contributed by atoms with van der Waals surface area (Å²) in [5.74, 6) is 0.617. The topological polar surface area (TPSA) is 53.9 Å². The Labute approximate surface area is 174 Å². The fraction of sp³-hybridized carbons (Fsp3) is 0.524. The van der Waals surface area contributed by atoms with Gasteiger partial charge in [0.15, 0.2) is 0 Å². The largest absolute Gasteiger partial charge is 0.332 e. The van der Waals surface area contributed by atoms with Crippen LogP contribution in [0.1, 0.15) is 50.7 Å². The van der Waals surface area contributed by atoms with Gasteiger partial charge in [-0.05, 0) is 49.1 Å². The van der Waals surface area contributed by atoms with Crippen molar-refractivity contribution in [1.29, 1.82) is 0 Å². The molecule has 4 rings (SSSR count). The number of nitrogens with one attached hydrogen (secondary N) is 2. The molecule has 28 heavy (non-hydrogen) atoms. The lowest BCUT2D eigenvalue weighted by Gasteiger charge is -2.32. The molecule has 0 saturated carbocycles. The first-order valence-corrected chi connectivity index (χ1v) is 11.9. The molecule has 1 fully saturated rings. The van der Waals surface area contributed by atoms with Gasteiger partial charge in [0.2, 0.25) is 0 Å². The van der Waals surface area contributed by atoms with Crippen molar-refractivity contribution < 1.29 is 14.5 Å². The number of quaternary nitrogens is 1. The van der Waals surface area contributed by atoms with Crippen LogP contribution in [0.4, 0.5) is 5.00 Å². The van der Waals surface area contributed by atoms with Crippen molar-refractivity contribution in [2.75, 3.05) is 38.0 Å². The summed E-state index contributed by atoms with van der Waals surface area (Å²) in [7, 11) is 0. The average Bonchev–Trinajstić information content (AvgIpc) is 3.35. The van der Waals surface area contributed by atoms with Gasteiger partial charge in [-0.2, -0.15) is 0 Å².